The van der Waals surface area contributed by atoms with Gasteiger partial charge in [-0.1, -0.05) is 90.2 Å². The molecule has 9 heteroatoms. The predicted molar refractivity (Wildman–Crippen MR) is 178 cm³/mol. The normalized spacial score (nSPS) is 14.3. The lowest BCUT2D eigenvalue weighted by molar-refractivity contribution is -0.138. The molecule has 0 N–H and O–H groups in total. The average Bonchev–Trinajstić information content (AvgIpc) is 3.41. The van der Waals surface area contributed by atoms with Gasteiger partial charge < -0.3 is 18.9 Å². The fourth-order valence-electron chi connectivity index (χ4n) is 5.37. The monoisotopic (exact) mass is 632 g/mol. The molecule has 232 valence electrons. The summed E-state index contributed by atoms with van der Waals surface area (Å²) in [6.45, 7) is 2.34. The second-order valence-electron chi connectivity index (χ2n) is 10.4. The van der Waals surface area contributed by atoms with Crippen LogP contribution in [-0.4, -0.2) is 31.4 Å². The van der Waals surface area contributed by atoms with E-state index >= 15 is 0 Å². The van der Waals surface area contributed by atoms with Crippen LogP contribution in [0.2, 0.25) is 0 Å². The minimum absolute atomic E-state index is 0.163. The van der Waals surface area contributed by atoms with E-state index in [-0.39, 0.29) is 17.7 Å². The molecule has 2 heterocycles. The van der Waals surface area contributed by atoms with Crippen LogP contribution < -0.4 is 29.1 Å². The number of ether oxygens (including phenoxy) is 4. The molecule has 0 saturated carbocycles. The molecular weight excluding hydrogens is 600 g/mol. The summed E-state index contributed by atoms with van der Waals surface area (Å²) >= 11 is 1.26. The molecule has 1 aliphatic rings. The lowest BCUT2D eigenvalue weighted by Crippen LogP contribution is -2.40. The highest BCUT2D eigenvalue weighted by atomic mass is 32.1. The molecule has 0 aliphatic carbocycles. The summed E-state index contributed by atoms with van der Waals surface area (Å²) in [6.07, 6.45) is 1.82. The van der Waals surface area contributed by atoms with Gasteiger partial charge in [0.05, 0.1) is 42.7 Å². The summed E-state index contributed by atoms with van der Waals surface area (Å²) in [4.78, 5) is 33.4. The van der Waals surface area contributed by atoms with Crippen molar-refractivity contribution in [2.75, 3.05) is 20.8 Å². The molecule has 1 aliphatic heterocycles. The first-order chi connectivity index (χ1) is 22.5. The number of fused-ring (bicyclic) bond motifs is 1. The van der Waals surface area contributed by atoms with Crippen molar-refractivity contribution in [3.8, 4) is 17.2 Å². The summed E-state index contributed by atoms with van der Waals surface area (Å²) in [6, 6.07) is 31.5. The standard InChI is InChI=1S/C37H32N2O6S/c1-4-44-36(41)32-33(26-15-9-6-10-16-26)38-37-39(34(32)27-18-19-29(42-2)30(22-27)43-3)35(40)31(46-37)21-25-14-11-17-28(20-25)45-23-24-12-7-5-8-13-24/h5-22,34H,4,23H2,1-3H3/b31-21+/t34-/m0/s1. The minimum Gasteiger partial charge on any atom is -0.493 e. The van der Waals surface area contributed by atoms with Gasteiger partial charge in [0.1, 0.15) is 12.4 Å². The summed E-state index contributed by atoms with van der Waals surface area (Å²) < 4.78 is 24.7. The third-order valence-electron chi connectivity index (χ3n) is 7.50. The van der Waals surface area contributed by atoms with Gasteiger partial charge in [0.25, 0.3) is 5.56 Å². The number of hydrogen-bond donors (Lipinski definition) is 0. The molecule has 1 atom stereocenters. The van der Waals surface area contributed by atoms with Gasteiger partial charge in [0.2, 0.25) is 0 Å². The smallest absolute Gasteiger partial charge is 0.338 e. The Bertz CT molecular complexity index is 2080. The topological polar surface area (TPSA) is 88.4 Å². The second-order valence-corrected chi connectivity index (χ2v) is 11.4. The van der Waals surface area contributed by atoms with Crippen LogP contribution in [0, 0.1) is 0 Å². The molecule has 1 aromatic heterocycles. The first kappa shape index (κ1) is 30.6. The van der Waals surface area contributed by atoms with Crippen LogP contribution in [0.5, 0.6) is 17.2 Å². The Morgan fingerprint density at radius 2 is 1.63 bits per heavy atom. The van der Waals surface area contributed by atoms with Crippen molar-refractivity contribution >= 4 is 29.1 Å². The Morgan fingerprint density at radius 3 is 2.35 bits per heavy atom. The molecule has 0 bridgehead atoms. The van der Waals surface area contributed by atoms with E-state index in [9.17, 15) is 9.59 Å². The van der Waals surface area contributed by atoms with E-state index in [0.29, 0.717) is 44.4 Å². The number of methoxy groups -OCH3 is 2. The molecule has 0 fully saturated rings. The van der Waals surface area contributed by atoms with Gasteiger partial charge in [-0.2, -0.15) is 0 Å². The Kier molecular flexibility index (Phi) is 9.12. The maximum absolute atomic E-state index is 14.3. The highest BCUT2D eigenvalue weighted by Crippen LogP contribution is 2.38. The van der Waals surface area contributed by atoms with E-state index in [1.165, 1.54) is 11.3 Å². The summed E-state index contributed by atoms with van der Waals surface area (Å²) in [5.41, 5.74) is 3.66. The van der Waals surface area contributed by atoms with Gasteiger partial charge in [-0.25, -0.2) is 9.79 Å². The average molecular weight is 633 g/mol. The first-order valence-electron chi connectivity index (χ1n) is 14.8. The van der Waals surface area contributed by atoms with Crippen molar-refractivity contribution in [3.05, 3.63) is 151 Å². The largest absolute Gasteiger partial charge is 0.493 e. The van der Waals surface area contributed by atoms with Crippen molar-refractivity contribution in [3.63, 3.8) is 0 Å². The van der Waals surface area contributed by atoms with Gasteiger partial charge in [0.15, 0.2) is 16.3 Å². The number of thiazole rings is 1. The third-order valence-corrected chi connectivity index (χ3v) is 8.48. The van der Waals surface area contributed by atoms with E-state index in [1.54, 1.807) is 37.8 Å². The number of esters is 1. The van der Waals surface area contributed by atoms with Crippen LogP contribution in [0.15, 0.2) is 118 Å². The molecule has 0 saturated heterocycles. The fraction of sp³-hybridized carbons (Fsp3) is 0.162. The van der Waals surface area contributed by atoms with Crippen LogP contribution in [0.3, 0.4) is 0 Å². The van der Waals surface area contributed by atoms with Crippen LogP contribution in [0.25, 0.3) is 11.8 Å². The minimum atomic E-state index is -0.840. The van der Waals surface area contributed by atoms with Crippen LogP contribution in [-0.2, 0) is 16.1 Å². The van der Waals surface area contributed by atoms with E-state index < -0.39 is 12.0 Å². The van der Waals surface area contributed by atoms with Crippen molar-refractivity contribution in [2.45, 2.75) is 19.6 Å². The first-order valence-corrected chi connectivity index (χ1v) is 15.6. The number of benzene rings is 4. The van der Waals surface area contributed by atoms with Crippen LogP contribution in [0.1, 0.15) is 35.2 Å². The molecule has 0 amide bonds. The highest BCUT2D eigenvalue weighted by molar-refractivity contribution is 7.07. The Balaban J connectivity index is 1.52. The molecule has 4 aromatic carbocycles. The molecule has 8 nitrogen and oxygen atoms in total. The summed E-state index contributed by atoms with van der Waals surface area (Å²) in [7, 11) is 3.10. The Morgan fingerprint density at radius 1 is 0.891 bits per heavy atom. The van der Waals surface area contributed by atoms with Crippen molar-refractivity contribution in [1.29, 1.82) is 0 Å². The number of carbonyl (C=O) groups excluding carboxylic acids is 1. The Hall–Kier alpha value is -5.41. The third kappa shape index (κ3) is 6.23. The molecule has 6 rings (SSSR count). The Labute approximate surface area is 270 Å². The zero-order valence-corrected chi connectivity index (χ0v) is 26.5. The molecular formula is C37H32N2O6S. The second kappa shape index (κ2) is 13.7. The van der Waals surface area contributed by atoms with Gasteiger partial charge >= 0.3 is 5.97 Å². The number of carbonyl (C=O) groups is 1. The van der Waals surface area contributed by atoms with Crippen LogP contribution in [0.4, 0.5) is 0 Å². The van der Waals surface area contributed by atoms with E-state index in [0.717, 1.165) is 16.7 Å². The number of rotatable bonds is 10. The molecule has 0 radical (unpaired) electrons. The maximum atomic E-state index is 14.3. The number of aromatic nitrogens is 1. The van der Waals surface area contributed by atoms with Crippen LogP contribution >= 0.6 is 11.3 Å². The molecule has 46 heavy (non-hydrogen) atoms. The molecule has 0 unspecified atom stereocenters. The number of hydrogen-bond acceptors (Lipinski definition) is 8. The van der Waals surface area contributed by atoms with E-state index in [1.807, 2.05) is 97.1 Å². The maximum Gasteiger partial charge on any atom is 0.338 e. The SMILES string of the molecule is CCOC(=O)C1=C(c2ccccc2)N=c2s/c(=C/c3cccc(OCc4ccccc4)c3)c(=O)n2[C@H]1c1ccc(OC)c(OC)c1. The van der Waals surface area contributed by atoms with E-state index in [4.69, 9.17) is 23.9 Å². The van der Waals surface area contributed by atoms with Gasteiger partial charge in [-0.15, -0.1) is 0 Å². The summed E-state index contributed by atoms with van der Waals surface area (Å²) in [5.74, 6) is 1.13. The zero-order valence-electron chi connectivity index (χ0n) is 25.6. The van der Waals surface area contributed by atoms with Crippen molar-refractivity contribution < 1.29 is 23.7 Å². The number of nitrogens with zero attached hydrogens (tertiary/aromatic N) is 2. The molecule has 0 spiro atoms. The summed E-state index contributed by atoms with van der Waals surface area (Å²) in [5, 5.41) is 0. The van der Waals surface area contributed by atoms with Crippen molar-refractivity contribution in [1.82, 2.24) is 4.57 Å². The fourth-order valence-corrected chi connectivity index (χ4v) is 6.37. The van der Waals surface area contributed by atoms with Gasteiger partial charge in [-0.05, 0) is 54.0 Å². The lowest BCUT2D eigenvalue weighted by atomic mass is 9.93. The van der Waals surface area contributed by atoms with Gasteiger partial charge in [-0.3, -0.25) is 9.36 Å². The van der Waals surface area contributed by atoms with E-state index in [2.05, 4.69) is 0 Å². The zero-order chi connectivity index (χ0) is 32.0. The highest BCUT2D eigenvalue weighted by Gasteiger charge is 2.35. The quantitative estimate of drug-likeness (QED) is 0.188. The van der Waals surface area contributed by atoms with Crippen molar-refractivity contribution in [2.24, 2.45) is 4.99 Å². The predicted octanol–water partition coefficient (Wildman–Crippen LogP) is 5.53. The lowest BCUT2D eigenvalue weighted by Gasteiger charge is -2.26. The van der Waals surface area contributed by atoms with Gasteiger partial charge in [0, 0.05) is 5.56 Å². The molecule has 5 aromatic rings.